The first-order valence-electron chi connectivity index (χ1n) is 7.60. The van der Waals surface area contributed by atoms with Crippen molar-refractivity contribution in [1.29, 1.82) is 0 Å². The minimum Gasteiger partial charge on any atom is -0.382 e. The normalized spacial score (nSPS) is 18.3. The molecule has 0 amide bonds. The molecule has 0 bridgehead atoms. The number of fused-ring (bicyclic) bond motifs is 1. The van der Waals surface area contributed by atoms with Gasteiger partial charge in [-0.1, -0.05) is 0 Å². The molecular formula is C16H22N4O. The van der Waals surface area contributed by atoms with Crippen LogP contribution < -0.4 is 4.90 Å². The highest BCUT2D eigenvalue weighted by molar-refractivity contribution is 5.31. The summed E-state index contributed by atoms with van der Waals surface area (Å²) in [6.45, 7) is 6.52. The van der Waals surface area contributed by atoms with Crippen LogP contribution in [0.25, 0.3) is 0 Å². The van der Waals surface area contributed by atoms with E-state index < -0.39 is 0 Å². The monoisotopic (exact) mass is 286 g/mol. The zero-order valence-corrected chi connectivity index (χ0v) is 12.5. The van der Waals surface area contributed by atoms with Crippen LogP contribution in [0.1, 0.15) is 19.0 Å². The van der Waals surface area contributed by atoms with Crippen LogP contribution in [-0.2, 0) is 17.8 Å². The van der Waals surface area contributed by atoms with Crippen LogP contribution >= 0.6 is 0 Å². The number of hydrogen-bond acceptors (Lipinski definition) is 4. The average Bonchev–Trinajstić information content (AvgIpc) is 2.87. The first-order valence-corrected chi connectivity index (χ1v) is 7.60. The molecule has 0 aliphatic carbocycles. The predicted molar refractivity (Wildman–Crippen MR) is 82.1 cm³/mol. The molecule has 3 heterocycles. The van der Waals surface area contributed by atoms with E-state index in [2.05, 4.69) is 37.8 Å². The van der Waals surface area contributed by atoms with E-state index in [4.69, 9.17) is 4.74 Å². The van der Waals surface area contributed by atoms with Crippen molar-refractivity contribution < 1.29 is 4.74 Å². The Bertz CT molecular complexity index is 554. The Morgan fingerprint density at radius 1 is 1.24 bits per heavy atom. The van der Waals surface area contributed by atoms with Gasteiger partial charge >= 0.3 is 0 Å². The van der Waals surface area contributed by atoms with Crippen LogP contribution in [0.2, 0.25) is 0 Å². The molecule has 2 aromatic rings. The lowest BCUT2D eigenvalue weighted by molar-refractivity contribution is 0.130. The van der Waals surface area contributed by atoms with Crippen LogP contribution in [0, 0.1) is 5.92 Å². The fourth-order valence-corrected chi connectivity index (χ4v) is 2.86. The van der Waals surface area contributed by atoms with E-state index >= 15 is 0 Å². The van der Waals surface area contributed by atoms with Gasteiger partial charge in [0.25, 0.3) is 0 Å². The number of rotatable bonds is 5. The third-order valence-corrected chi connectivity index (χ3v) is 3.92. The maximum atomic E-state index is 5.53. The highest BCUT2D eigenvalue weighted by Crippen LogP contribution is 2.22. The standard InChI is InChI=1S/C16H22N4O/c1-2-21-10-6-14-11-19-9-3-5-15(19)13-20(12-14)16-17-7-4-8-18-16/h3-5,7-9,14H,2,6,10-13H2,1H3/t14-/m0/s1. The predicted octanol–water partition coefficient (Wildman–Crippen LogP) is 2.34. The first-order chi connectivity index (χ1) is 10.4. The van der Waals surface area contributed by atoms with Gasteiger partial charge in [-0.25, -0.2) is 9.97 Å². The van der Waals surface area contributed by atoms with Crippen molar-refractivity contribution in [3.05, 3.63) is 42.5 Å². The lowest BCUT2D eigenvalue weighted by Crippen LogP contribution is -2.29. The first kappa shape index (κ1) is 14.1. The average molecular weight is 286 g/mol. The summed E-state index contributed by atoms with van der Waals surface area (Å²) < 4.78 is 7.88. The maximum Gasteiger partial charge on any atom is 0.225 e. The second kappa shape index (κ2) is 6.72. The summed E-state index contributed by atoms with van der Waals surface area (Å²) in [5, 5.41) is 0. The molecular weight excluding hydrogens is 264 g/mol. The summed E-state index contributed by atoms with van der Waals surface area (Å²) >= 11 is 0. The molecule has 0 spiro atoms. The van der Waals surface area contributed by atoms with E-state index in [0.717, 1.165) is 45.2 Å². The molecule has 3 rings (SSSR count). The van der Waals surface area contributed by atoms with Crippen molar-refractivity contribution in [2.24, 2.45) is 5.92 Å². The third kappa shape index (κ3) is 3.42. The van der Waals surface area contributed by atoms with E-state index in [1.165, 1.54) is 5.69 Å². The Labute approximate surface area is 125 Å². The van der Waals surface area contributed by atoms with Crippen LogP contribution in [0.3, 0.4) is 0 Å². The van der Waals surface area contributed by atoms with Crippen LogP contribution in [0.4, 0.5) is 5.95 Å². The molecule has 0 unspecified atom stereocenters. The summed E-state index contributed by atoms with van der Waals surface area (Å²) in [7, 11) is 0. The van der Waals surface area contributed by atoms with E-state index in [1.807, 2.05) is 25.4 Å². The van der Waals surface area contributed by atoms with Crippen molar-refractivity contribution >= 4 is 5.95 Å². The van der Waals surface area contributed by atoms with E-state index in [1.54, 1.807) is 0 Å². The molecule has 0 aromatic carbocycles. The van der Waals surface area contributed by atoms with Crippen molar-refractivity contribution in [2.75, 3.05) is 24.7 Å². The number of hydrogen-bond donors (Lipinski definition) is 0. The van der Waals surface area contributed by atoms with Crippen LogP contribution in [-0.4, -0.2) is 34.3 Å². The number of anilines is 1. The number of nitrogens with zero attached hydrogens (tertiary/aromatic N) is 4. The number of ether oxygens (including phenoxy) is 1. The van der Waals surface area contributed by atoms with Gasteiger partial charge in [0.05, 0.1) is 6.54 Å². The lowest BCUT2D eigenvalue weighted by atomic mass is 10.1. The maximum absolute atomic E-state index is 5.53. The topological polar surface area (TPSA) is 43.2 Å². The van der Waals surface area contributed by atoms with Gasteiger partial charge in [-0.2, -0.15) is 0 Å². The SMILES string of the molecule is CCOCC[C@@H]1CN(c2ncccn2)Cc2cccn2C1. The Hall–Kier alpha value is -1.88. The van der Waals surface area contributed by atoms with Gasteiger partial charge in [-0.15, -0.1) is 0 Å². The zero-order chi connectivity index (χ0) is 14.5. The summed E-state index contributed by atoms with van der Waals surface area (Å²) in [5.74, 6) is 1.36. The molecule has 1 atom stereocenters. The Balaban J connectivity index is 1.78. The smallest absolute Gasteiger partial charge is 0.225 e. The van der Waals surface area contributed by atoms with Crippen molar-refractivity contribution in [1.82, 2.24) is 14.5 Å². The molecule has 0 N–H and O–H groups in total. The fourth-order valence-electron chi connectivity index (χ4n) is 2.86. The third-order valence-electron chi connectivity index (χ3n) is 3.92. The van der Waals surface area contributed by atoms with E-state index in [-0.39, 0.29) is 0 Å². The van der Waals surface area contributed by atoms with E-state index in [9.17, 15) is 0 Å². The summed E-state index contributed by atoms with van der Waals surface area (Å²) in [5.41, 5.74) is 1.32. The molecule has 0 saturated carbocycles. The van der Waals surface area contributed by atoms with Crippen molar-refractivity contribution in [3.63, 3.8) is 0 Å². The molecule has 0 radical (unpaired) electrons. The highest BCUT2D eigenvalue weighted by Gasteiger charge is 2.22. The van der Waals surface area contributed by atoms with Crippen molar-refractivity contribution in [3.8, 4) is 0 Å². The van der Waals surface area contributed by atoms with Gasteiger partial charge < -0.3 is 14.2 Å². The number of aromatic nitrogens is 3. The molecule has 1 aliphatic rings. The summed E-state index contributed by atoms with van der Waals surface area (Å²) in [4.78, 5) is 11.1. The van der Waals surface area contributed by atoms with Gasteiger partial charge in [-0.3, -0.25) is 0 Å². The largest absolute Gasteiger partial charge is 0.382 e. The second-order valence-electron chi connectivity index (χ2n) is 5.43. The zero-order valence-electron chi connectivity index (χ0n) is 12.5. The molecule has 0 saturated heterocycles. The Morgan fingerprint density at radius 2 is 2.10 bits per heavy atom. The molecule has 2 aromatic heterocycles. The molecule has 0 fully saturated rings. The van der Waals surface area contributed by atoms with Gasteiger partial charge in [0.1, 0.15) is 0 Å². The second-order valence-corrected chi connectivity index (χ2v) is 5.43. The summed E-state index contributed by atoms with van der Waals surface area (Å²) in [6, 6.07) is 6.15. The highest BCUT2D eigenvalue weighted by atomic mass is 16.5. The molecule has 21 heavy (non-hydrogen) atoms. The van der Waals surface area contributed by atoms with Gasteiger partial charge in [0, 0.05) is 50.6 Å². The Morgan fingerprint density at radius 3 is 2.90 bits per heavy atom. The van der Waals surface area contributed by atoms with Gasteiger partial charge in [-0.05, 0) is 37.5 Å². The molecule has 1 aliphatic heterocycles. The minimum absolute atomic E-state index is 0.550. The van der Waals surface area contributed by atoms with Gasteiger partial charge in [0.2, 0.25) is 5.95 Å². The molecule has 5 nitrogen and oxygen atoms in total. The quantitative estimate of drug-likeness (QED) is 0.791. The molecule has 112 valence electrons. The molecule has 5 heteroatoms. The Kier molecular flexibility index (Phi) is 4.50. The summed E-state index contributed by atoms with van der Waals surface area (Å²) in [6.07, 6.45) is 6.84. The van der Waals surface area contributed by atoms with Crippen LogP contribution in [0.15, 0.2) is 36.8 Å². The van der Waals surface area contributed by atoms with Gasteiger partial charge in [0.15, 0.2) is 0 Å². The van der Waals surface area contributed by atoms with E-state index in [0.29, 0.717) is 5.92 Å². The lowest BCUT2D eigenvalue weighted by Gasteiger charge is -2.23. The minimum atomic E-state index is 0.550. The van der Waals surface area contributed by atoms with Crippen LogP contribution in [0.5, 0.6) is 0 Å². The fraction of sp³-hybridized carbons (Fsp3) is 0.500. The van der Waals surface area contributed by atoms with Crippen molar-refractivity contribution in [2.45, 2.75) is 26.4 Å².